The van der Waals surface area contributed by atoms with Crippen LogP contribution >= 0.6 is 0 Å². The summed E-state index contributed by atoms with van der Waals surface area (Å²) in [5.74, 6) is 1.41. The number of nitrogens with two attached hydrogens (primary N) is 1. The first-order valence-electron chi connectivity index (χ1n) is 6.75. The highest BCUT2D eigenvalue weighted by atomic mass is 15.1. The van der Waals surface area contributed by atoms with Gasteiger partial charge in [-0.2, -0.15) is 0 Å². The molecule has 0 aliphatic carbocycles. The Morgan fingerprint density at radius 3 is 2.62 bits per heavy atom. The van der Waals surface area contributed by atoms with E-state index in [0.717, 1.165) is 35.5 Å². The Labute approximate surface area is 124 Å². The predicted octanol–water partition coefficient (Wildman–Crippen LogP) is 1.35. The van der Waals surface area contributed by atoms with E-state index in [4.69, 9.17) is 5.73 Å². The van der Waals surface area contributed by atoms with Gasteiger partial charge >= 0.3 is 0 Å². The third-order valence-electron chi connectivity index (χ3n) is 3.17. The Kier molecular flexibility index (Phi) is 4.81. The van der Waals surface area contributed by atoms with Gasteiger partial charge in [0.05, 0.1) is 11.3 Å². The average molecular weight is 284 g/mol. The van der Waals surface area contributed by atoms with Crippen LogP contribution in [0.4, 0.5) is 11.6 Å². The lowest BCUT2D eigenvalue weighted by atomic mass is 10.1. The third kappa shape index (κ3) is 3.75. The first-order valence-corrected chi connectivity index (χ1v) is 6.75. The number of aromatic nitrogens is 3. The van der Waals surface area contributed by atoms with E-state index >= 15 is 0 Å². The van der Waals surface area contributed by atoms with Crippen molar-refractivity contribution in [1.82, 2.24) is 15.0 Å². The van der Waals surface area contributed by atoms with E-state index in [2.05, 4.69) is 26.0 Å². The molecule has 0 amide bonds. The molecule has 2 rings (SSSR count). The summed E-state index contributed by atoms with van der Waals surface area (Å²) >= 11 is 0. The number of aryl methyl sites for hydroxylation is 2. The highest BCUT2D eigenvalue weighted by Gasteiger charge is 2.07. The molecule has 0 unspecified atom stereocenters. The summed E-state index contributed by atoms with van der Waals surface area (Å²) in [6, 6.07) is 4.10. The van der Waals surface area contributed by atoms with E-state index in [1.807, 2.05) is 31.3 Å². The molecule has 0 radical (unpaired) electrons. The fourth-order valence-corrected chi connectivity index (χ4v) is 2.01. The van der Waals surface area contributed by atoms with E-state index in [-0.39, 0.29) is 0 Å². The standard InChI is InChI=1S/C15H20N6/c1-17-9-12-13(19-10-20-15(12)16)6-4-11-5-7-14(18-8-11)21(2)3/h5,7-10H,4,6H2,1-3H3,(H2,16,19,20). The van der Waals surface area contributed by atoms with Gasteiger partial charge in [0.15, 0.2) is 0 Å². The fourth-order valence-electron chi connectivity index (χ4n) is 2.01. The van der Waals surface area contributed by atoms with Crippen molar-refractivity contribution in [2.75, 3.05) is 31.8 Å². The monoisotopic (exact) mass is 284 g/mol. The van der Waals surface area contributed by atoms with E-state index in [0.29, 0.717) is 5.82 Å². The Morgan fingerprint density at radius 2 is 2.00 bits per heavy atom. The molecule has 6 nitrogen and oxygen atoms in total. The molecule has 2 aromatic heterocycles. The molecular weight excluding hydrogens is 264 g/mol. The molecule has 6 heteroatoms. The normalized spacial score (nSPS) is 11.0. The van der Waals surface area contributed by atoms with Gasteiger partial charge in [-0.1, -0.05) is 6.07 Å². The van der Waals surface area contributed by atoms with Gasteiger partial charge in [0.1, 0.15) is 18.0 Å². The molecule has 0 spiro atoms. The summed E-state index contributed by atoms with van der Waals surface area (Å²) in [5.41, 5.74) is 8.74. The molecule has 2 N–H and O–H groups in total. The maximum absolute atomic E-state index is 5.87. The van der Waals surface area contributed by atoms with Crippen LogP contribution in [0.25, 0.3) is 0 Å². The quantitative estimate of drug-likeness (QED) is 0.838. The molecule has 2 heterocycles. The topological polar surface area (TPSA) is 80.3 Å². The smallest absolute Gasteiger partial charge is 0.135 e. The van der Waals surface area contributed by atoms with Crippen molar-refractivity contribution in [2.45, 2.75) is 12.8 Å². The SMILES string of the molecule is CN=Cc1c(N)ncnc1CCc1ccc(N(C)C)nc1. The number of aliphatic imine (C=N–C) groups is 1. The highest BCUT2D eigenvalue weighted by molar-refractivity contribution is 5.86. The second-order valence-electron chi connectivity index (χ2n) is 4.93. The van der Waals surface area contributed by atoms with Crippen LogP contribution in [0.2, 0.25) is 0 Å². The van der Waals surface area contributed by atoms with Crippen LogP contribution in [0.5, 0.6) is 0 Å². The molecule has 2 aromatic rings. The first-order chi connectivity index (χ1) is 10.1. The Bertz CT molecular complexity index is 619. The van der Waals surface area contributed by atoms with Gasteiger partial charge in [-0.15, -0.1) is 0 Å². The van der Waals surface area contributed by atoms with Gasteiger partial charge in [-0.25, -0.2) is 15.0 Å². The van der Waals surface area contributed by atoms with Crippen LogP contribution in [-0.2, 0) is 12.8 Å². The number of rotatable bonds is 5. The number of hydrogen-bond acceptors (Lipinski definition) is 6. The molecule has 21 heavy (non-hydrogen) atoms. The third-order valence-corrected chi connectivity index (χ3v) is 3.17. The Morgan fingerprint density at radius 1 is 1.19 bits per heavy atom. The summed E-state index contributed by atoms with van der Waals surface area (Å²) in [6.45, 7) is 0. The fraction of sp³-hybridized carbons (Fsp3) is 0.333. The number of nitrogens with zero attached hydrogens (tertiary/aromatic N) is 5. The lowest BCUT2D eigenvalue weighted by molar-refractivity contribution is 0.892. The van der Waals surface area contributed by atoms with E-state index in [1.54, 1.807) is 13.3 Å². The second-order valence-corrected chi connectivity index (χ2v) is 4.93. The lowest BCUT2D eigenvalue weighted by Crippen LogP contribution is -2.10. The summed E-state index contributed by atoms with van der Waals surface area (Å²) in [5, 5.41) is 0. The van der Waals surface area contributed by atoms with Crippen molar-refractivity contribution in [2.24, 2.45) is 4.99 Å². The maximum atomic E-state index is 5.87. The van der Waals surface area contributed by atoms with Gasteiger partial charge in [0.25, 0.3) is 0 Å². The van der Waals surface area contributed by atoms with Crippen molar-refractivity contribution >= 4 is 17.9 Å². The summed E-state index contributed by atoms with van der Waals surface area (Å²) in [7, 11) is 5.66. The molecular formula is C15H20N6. The van der Waals surface area contributed by atoms with Gasteiger partial charge in [-0.3, -0.25) is 4.99 Å². The largest absolute Gasteiger partial charge is 0.383 e. The minimum Gasteiger partial charge on any atom is -0.383 e. The molecule has 0 aliphatic heterocycles. The van der Waals surface area contributed by atoms with Crippen LogP contribution in [0.3, 0.4) is 0 Å². The zero-order valence-electron chi connectivity index (χ0n) is 12.6. The van der Waals surface area contributed by atoms with Crippen LogP contribution in [0.15, 0.2) is 29.6 Å². The van der Waals surface area contributed by atoms with Gasteiger partial charge in [0.2, 0.25) is 0 Å². The molecule has 0 fully saturated rings. The number of nitrogen functional groups attached to an aromatic ring is 1. The Hall–Kier alpha value is -2.50. The van der Waals surface area contributed by atoms with Crippen molar-refractivity contribution in [1.29, 1.82) is 0 Å². The summed E-state index contributed by atoms with van der Waals surface area (Å²) in [6.07, 6.45) is 6.72. The average Bonchev–Trinajstić information content (AvgIpc) is 2.48. The molecule has 0 atom stereocenters. The van der Waals surface area contributed by atoms with Gasteiger partial charge < -0.3 is 10.6 Å². The molecule has 0 bridgehead atoms. The zero-order chi connectivity index (χ0) is 15.2. The van der Waals surface area contributed by atoms with Gasteiger partial charge in [-0.05, 0) is 24.5 Å². The second kappa shape index (κ2) is 6.78. The highest BCUT2D eigenvalue weighted by Crippen LogP contribution is 2.14. The maximum Gasteiger partial charge on any atom is 0.135 e. The minimum atomic E-state index is 0.465. The van der Waals surface area contributed by atoms with Crippen LogP contribution in [-0.4, -0.2) is 42.3 Å². The van der Waals surface area contributed by atoms with E-state index in [9.17, 15) is 0 Å². The number of pyridine rings is 1. The summed E-state index contributed by atoms with van der Waals surface area (Å²) in [4.78, 5) is 18.7. The van der Waals surface area contributed by atoms with E-state index in [1.165, 1.54) is 6.33 Å². The van der Waals surface area contributed by atoms with E-state index < -0.39 is 0 Å². The number of anilines is 2. The first kappa shape index (κ1) is 14.9. The van der Waals surface area contributed by atoms with Gasteiger partial charge in [0, 0.05) is 33.6 Å². The van der Waals surface area contributed by atoms with Crippen molar-refractivity contribution in [3.05, 3.63) is 41.5 Å². The molecule has 110 valence electrons. The zero-order valence-corrected chi connectivity index (χ0v) is 12.6. The van der Waals surface area contributed by atoms with Crippen LogP contribution < -0.4 is 10.6 Å². The van der Waals surface area contributed by atoms with Crippen molar-refractivity contribution in [3.63, 3.8) is 0 Å². The number of hydrogen-bond donors (Lipinski definition) is 1. The molecule has 0 saturated heterocycles. The molecule has 0 aromatic carbocycles. The summed E-state index contributed by atoms with van der Waals surface area (Å²) < 4.78 is 0. The van der Waals surface area contributed by atoms with Crippen molar-refractivity contribution in [3.8, 4) is 0 Å². The predicted molar refractivity (Wildman–Crippen MR) is 85.9 cm³/mol. The van der Waals surface area contributed by atoms with Crippen LogP contribution in [0.1, 0.15) is 16.8 Å². The minimum absolute atomic E-state index is 0.465. The molecule has 0 aliphatic rings. The Balaban J connectivity index is 2.11. The molecule has 0 saturated carbocycles. The van der Waals surface area contributed by atoms with Crippen molar-refractivity contribution < 1.29 is 0 Å². The lowest BCUT2D eigenvalue weighted by Gasteiger charge is -2.11. The van der Waals surface area contributed by atoms with Crippen LogP contribution in [0, 0.1) is 0 Å².